The molecule has 4 N–H and O–H groups in total. The van der Waals surface area contributed by atoms with Crippen molar-refractivity contribution in [3.63, 3.8) is 0 Å². The van der Waals surface area contributed by atoms with E-state index in [1.807, 2.05) is 42.8 Å². The first-order valence-corrected chi connectivity index (χ1v) is 11.4. The summed E-state index contributed by atoms with van der Waals surface area (Å²) < 4.78 is 0. The molecule has 0 saturated carbocycles. The summed E-state index contributed by atoms with van der Waals surface area (Å²) in [5.41, 5.74) is 11.8. The van der Waals surface area contributed by atoms with E-state index in [9.17, 15) is 14.7 Å². The zero-order valence-corrected chi connectivity index (χ0v) is 18.6. The third-order valence-corrected chi connectivity index (χ3v) is 6.72. The minimum atomic E-state index is -0.735. The Morgan fingerprint density at radius 1 is 1.22 bits per heavy atom. The zero-order valence-electron chi connectivity index (χ0n) is 17.8. The molecule has 2 aromatic carbocycles. The van der Waals surface area contributed by atoms with Crippen LogP contribution in [0.25, 0.3) is 10.4 Å². The molecule has 2 heterocycles. The number of carbonyl (C=O) groups is 2. The zero-order chi connectivity index (χ0) is 22.7. The third-order valence-electron chi connectivity index (χ3n) is 5.74. The number of nitrogens with two attached hydrogens (primary N) is 1. The molecule has 3 aromatic rings. The summed E-state index contributed by atoms with van der Waals surface area (Å²) in [7, 11) is 0. The van der Waals surface area contributed by atoms with Crippen LogP contribution < -0.4 is 11.1 Å². The maximum absolute atomic E-state index is 13.1. The van der Waals surface area contributed by atoms with Crippen molar-refractivity contribution in [3.05, 3.63) is 76.4 Å². The van der Waals surface area contributed by atoms with Gasteiger partial charge in [0.25, 0.3) is 5.91 Å². The quantitative estimate of drug-likeness (QED) is 0.535. The fourth-order valence-corrected chi connectivity index (χ4v) is 4.82. The Bertz CT molecular complexity index is 1110. The number of rotatable bonds is 6. The summed E-state index contributed by atoms with van der Waals surface area (Å²) in [5.74, 6) is -0.561. The van der Waals surface area contributed by atoms with Gasteiger partial charge in [-0.1, -0.05) is 42.5 Å². The number of likely N-dealkylation sites (tertiary alicyclic amines) is 1. The van der Waals surface area contributed by atoms with Gasteiger partial charge in [-0.3, -0.25) is 9.59 Å². The van der Waals surface area contributed by atoms with Crippen LogP contribution in [0.15, 0.2) is 54.0 Å². The average Bonchev–Trinajstić information content (AvgIpc) is 3.42. The number of aliphatic hydroxyl groups is 1. The molecule has 0 aliphatic carbocycles. The lowest BCUT2D eigenvalue weighted by Gasteiger charge is -2.24. The van der Waals surface area contributed by atoms with Crippen molar-refractivity contribution in [1.29, 1.82) is 0 Å². The van der Waals surface area contributed by atoms with Crippen molar-refractivity contribution in [2.24, 2.45) is 5.73 Å². The third kappa shape index (κ3) is 4.57. The monoisotopic (exact) mass is 450 g/mol. The summed E-state index contributed by atoms with van der Waals surface area (Å²) in [4.78, 5) is 32.9. The molecule has 166 valence electrons. The van der Waals surface area contributed by atoms with Gasteiger partial charge in [-0.25, -0.2) is 4.98 Å². The van der Waals surface area contributed by atoms with Crippen LogP contribution in [-0.2, 0) is 17.9 Å². The summed E-state index contributed by atoms with van der Waals surface area (Å²) in [5, 5.41) is 13.1. The summed E-state index contributed by atoms with van der Waals surface area (Å²) in [6, 6.07) is 14.3. The van der Waals surface area contributed by atoms with E-state index < -0.39 is 12.1 Å². The van der Waals surface area contributed by atoms with Gasteiger partial charge in [-0.2, -0.15) is 0 Å². The lowest BCUT2D eigenvalue weighted by atomic mass is 10.1. The van der Waals surface area contributed by atoms with Gasteiger partial charge in [0.1, 0.15) is 6.04 Å². The molecule has 0 bridgehead atoms. The van der Waals surface area contributed by atoms with E-state index in [4.69, 9.17) is 5.73 Å². The Morgan fingerprint density at radius 3 is 2.66 bits per heavy atom. The largest absolute Gasteiger partial charge is 0.391 e. The summed E-state index contributed by atoms with van der Waals surface area (Å²) >= 11 is 1.60. The van der Waals surface area contributed by atoms with Gasteiger partial charge in [0.15, 0.2) is 0 Å². The van der Waals surface area contributed by atoms with Gasteiger partial charge in [0.2, 0.25) is 5.91 Å². The molecule has 0 spiro atoms. The molecular formula is C24H26N4O3S. The predicted molar refractivity (Wildman–Crippen MR) is 124 cm³/mol. The normalized spacial score (nSPS) is 18.0. The Balaban J connectivity index is 1.43. The maximum atomic E-state index is 13.1. The fourth-order valence-electron chi connectivity index (χ4n) is 4.01. The van der Waals surface area contributed by atoms with Gasteiger partial charge >= 0.3 is 0 Å². The Kier molecular flexibility index (Phi) is 6.64. The van der Waals surface area contributed by atoms with Crippen molar-refractivity contribution in [2.75, 3.05) is 6.54 Å². The number of aliphatic hydroxyl groups excluding tert-OH is 1. The summed E-state index contributed by atoms with van der Waals surface area (Å²) in [6.45, 7) is 2.68. The summed E-state index contributed by atoms with van der Waals surface area (Å²) in [6.07, 6.45) is -0.520. The predicted octanol–water partition coefficient (Wildman–Crippen LogP) is 2.47. The second-order valence-corrected chi connectivity index (χ2v) is 8.76. The first-order chi connectivity index (χ1) is 15.5. The van der Waals surface area contributed by atoms with E-state index in [0.717, 1.165) is 21.7 Å². The number of β-amino-alcohol motifs (C(OH)–C–C–N with tert-alkyl or cyclic N) is 1. The molecular weight excluding hydrogens is 424 g/mol. The highest BCUT2D eigenvalue weighted by atomic mass is 32.1. The van der Waals surface area contributed by atoms with Crippen molar-refractivity contribution in [1.82, 2.24) is 15.2 Å². The molecule has 1 aromatic heterocycles. The molecule has 1 aliphatic rings. The number of hydrogen-bond acceptors (Lipinski definition) is 6. The maximum Gasteiger partial charge on any atom is 0.254 e. The molecule has 2 atom stereocenters. The number of aromatic nitrogens is 1. The number of thiazole rings is 1. The topological polar surface area (TPSA) is 109 Å². The Hall–Kier alpha value is -3.07. The Labute approximate surface area is 190 Å². The molecule has 0 radical (unpaired) electrons. The van der Waals surface area contributed by atoms with Gasteiger partial charge in [-0.05, 0) is 29.7 Å². The average molecular weight is 451 g/mol. The number of nitrogens with one attached hydrogen (secondary N) is 1. The Morgan fingerprint density at radius 2 is 1.97 bits per heavy atom. The van der Waals surface area contributed by atoms with Gasteiger partial charge < -0.3 is 21.1 Å². The van der Waals surface area contributed by atoms with Crippen LogP contribution in [0.2, 0.25) is 0 Å². The molecule has 0 unspecified atom stereocenters. The second-order valence-electron chi connectivity index (χ2n) is 7.91. The number of amides is 2. The fraction of sp³-hybridized carbons (Fsp3) is 0.292. The number of aryl methyl sites for hydroxylation is 1. The lowest BCUT2D eigenvalue weighted by molar-refractivity contribution is -0.125. The SMILES string of the molecule is Cc1ncsc1-c1ccc(CNC(=O)[C@@H]2C[C@@H](O)CN2C(=O)c2ccccc2CN)cc1. The van der Waals surface area contributed by atoms with Crippen LogP contribution in [0.5, 0.6) is 0 Å². The van der Waals surface area contributed by atoms with E-state index in [1.54, 1.807) is 29.5 Å². The van der Waals surface area contributed by atoms with Crippen LogP contribution in [0.3, 0.4) is 0 Å². The number of nitrogens with zero attached hydrogens (tertiary/aromatic N) is 2. The molecule has 4 rings (SSSR count). The number of carbonyl (C=O) groups excluding carboxylic acids is 2. The molecule has 8 heteroatoms. The van der Waals surface area contributed by atoms with E-state index >= 15 is 0 Å². The van der Waals surface area contributed by atoms with Crippen molar-refractivity contribution >= 4 is 23.2 Å². The molecule has 1 saturated heterocycles. The van der Waals surface area contributed by atoms with Crippen LogP contribution in [0.1, 0.15) is 33.6 Å². The number of hydrogen-bond donors (Lipinski definition) is 3. The highest BCUT2D eigenvalue weighted by Crippen LogP contribution is 2.27. The van der Waals surface area contributed by atoms with E-state index in [2.05, 4.69) is 10.3 Å². The minimum Gasteiger partial charge on any atom is -0.391 e. The van der Waals surface area contributed by atoms with Crippen LogP contribution in [-0.4, -0.2) is 45.5 Å². The molecule has 7 nitrogen and oxygen atoms in total. The van der Waals surface area contributed by atoms with Crippen LogP contribution >= 0.6 is 11.3 Å². The minimum absolute atomic E-state index is 0.124. The molecule has 1 aliphatic heterocycles. The highest BCUT2D eigenvalue weighted by Gasteiger charge is 2.39. The lowest BCUT2D eigenvalue weighted by Crippen LogP contribution is -2.46. The van der Waals surface area contributed by atoms with Crippen molar-refractivity contribution < 1.29 is 14.7 Å². The first kappa shape index (κ1) is 22.1. The van der Waals surface area contributed by atoms with Crippen LogP contribution in [0.4, 0.5) is 0 Å². The molecule has 1 fully saturated rings. The van der Waals surface area contributed by atoms with E-state index in [1.165, 1.54) is 4.90 Å². The van der Waals surface area contributed by atoms with Crippen LogP contribution in [0, 0.1) is 6.92 Å². The van der Waals surface area contributed by atoms with E-state index in [0.29, 0.717) is 17.7 Å². The number of benzene rings is 2. The molecule has 32 heavy (non-hydrogen) atoms. The van der Waals surface area contributed by atoms with Gasteiger partial charge in [0.05, 0.1) is 22.2 Å². The second kappa shape index (κ2) is 9.60. The smallest absolute Gasteiger partial charge is 0.254 e. The molecule has 2 amide bonds. The van der Waals surface area contributed by atoms with E-state index in [-0.39, 0.29) is 31.3 Å². The van der Waals surface area contributed by atoms with Gasteiger partial charge in [0, 0.05) is 31.6 Å². The van der Waals surface area contributed by atoms with Crippen molar-refractivity contribution in [2.45, 2.75) is 38.6 Å². The van der Waals surface area contributed by atoms with Crippen molar-refractivity contribution in [3.8, 4) is 10.4 Å². The first-order valence-electron chi connectivity index (χ1n) is 10.5. The standard InChI is InChI=1S/C24H26N4O3S/c1-15-22(32-14-27-15)17-8-6-16(7-9-17)12-26-23(30)21-10-19(29)13-28(21)24(31)20-5-3-2-4-18(20)11-25/h2-9,14,19,21,29H,10-13,25H2,1H3,(H,26,30)/t19-,21+/m1/s1. The van der Waals surface area contributed by atoms with Gasteiger partial charge in [-0.15, -0.1) is 11.3 Å². The highest BCUT2D eigenvalue weighted by molar-refractivity contribution is 7.13.